The van der Waals surface area contributed by atoms with E-state index in [4.69, 9.17) is 11.6 Å². The Morgan fingerprint density at radius 1 is 1.23 bits per heavy atom. The molecular weight excluding hydrogens is 204 g/mol. The molecule has 0 spiro atoms. The Morgan fingerprint density at radius 2 is 1.69 bits per heavy atom. The zero-order chi connectivity index (χ0) is 10.7. The summed E-state index contributed by atoms with van der Waals surface area (Å²) in [4.78, 5) is 10.1. The van der Waals surface area contributed by atoms with Crippen molar-refractivity contribution in [3.63, 3.8) is 0 Å². The van der Waals surface area contributed by atoms with Gasteiger partial charge in [-0.1, -0.05) is 43.6 Å². The van der Waals surface area contributed by atoms with Crippen LogP contribution >= 0.6 is 24.2 Å². The van der Waals surface area contributed by atoms with Crippen molar-refractivity contribution in [2.75, 3.05) is 6.26 Å². The highest BCUT2D eigenvalue weighted by Crippen LogP contribution is 2.11. The Bertz CT molecular complexity index is 226. The molecule has 0 heterocycles. The minimum Gasteiger partial charge on any atom is -0.298 e. The maximum absolute atomic E-state index is 10.1. The number of halogens is 1. The van der Waals surface area contributed by atoms with Crippen molar-refractivity contribution in [2.24, 2.45) is 0 Å². The fraction of sp³-hybridized carbons (Fsp3) is 0.300. The topological polar surface area (TPSA) is 17.1 Å². The summed E-state index contributed by atoms with van der Waals surface area (Å²) >= 11 is 9.12. The second kappa shape index (κ2) is 11.5. The first kappa shape index (κ1) is 15.0. The molecule has 0 fully saturated rings. The predicted molar refractivity (Wildman–Crippen MR) is 63.1 cm³/mol. The number of thiol groups is 1. The summed E-state index contributed by atoms with van der Waals surface area (Å²) in [5.74, 6) is 0. The van der Waals surface area contributed by atoms with Gasteiger partial charge in [0.25, 0.3) is 0 Å². The molecule has 13 heavy (non-hydrogen) atoms. The van der Waals surface area contributed by atoms with Crippen molar-refractivity contribution in [3.8, 4) is 0 Å². The second-order valence-corrected chi connectivity index (χ2v) is 2.05. The van der Waals surface area contributed by atoms with Crippen LogP contribution in [0.25, 0.3) is 0 Å². The average Bonchev–Trinajstić information content (AvgIpc) is 2.24. The minimum absolute atomic E-state index is 0.507. The molecule has 3 heteroatoms. The summed E-state index contributed by atoms with van der Waals surface area (Å²) in [7, 11) is 0. The molecule has 0 aliphatic heterocycles. The number of aldehydes is 1. The van der Waals surface area contributed by atoms with E-state index in [-0.39, 0.29) is 0 Å². The number of benzene rings is 1. The molecule has 0 saturated heterocycles. The lowest BCUT2D eigenvalue weighted by Gasteiger charge is -1.90. The van der Waals surface area contributed by atoms with Crippen molar-refractivity contribution in [1.29, 1.82) is 0 Å². The van der Waals surface area contributed by atoms with Crippen LogP contribution in [0.15, 0.2) is 24.3 Å². The van der Waals surface area contributed by atoms with E-state index < -0.39 is 0 Å². The third kappa shape index (κ3) is 6.67. The van der Waals surface area contributed by atoms with Gasteiger partial charge in [0.2, 0.25) is 0 Å². The zero-order valence-corrected chi connectivity index (χ0v) is 9.77. The summed E-state index contributed by atoms with van der Waals surface area (Å²) in [5.41, 5.74) is 0.541. The molecule has 0 N–H and O–H groups in total. The van der Waals surface area contributed by atoms with Crippen LogP contribution in [0.3, 0.4) is 0 Å². The van der Waals surface area contributed by atoms with Gasteiger partial charge < -0.3 is 0 Å². The van der Waals surface area contributed by atoms with Crippen LogP contribution in [-0.2, 0) is 0 Å². The van der Waals surface area contributed by atoms with Gasteiger partial charge in [-0.3, -0.25) is 4.79 Å². The lowest BCUT2D eigenvalue weighted by atomic mass is 10.2. The van der Waals surface area contributed by atoms with Crippen molar-refractivity contribution in [1.82, 2.24) is 0 Å². The highest BCUT2D eigenvalue weighted by atomic mass is 35.5. The first-order chi connectivity index (χ1) is 6.34. The Balaban J connectivity index is 0. The van der Waals surface area contributed by atoms with E-state index in [9.17, 15) is 4.79 Å². The molecule has 0 unspecified atom stereocenters. The van der Waals surface area contributed by atoms with Crippen molar-refractivity contribution < 1.29 is 4.79 Å². The lowest BCUT2D eigenvalue weighted by molar-refractivity contribution is 0.112. The number of carbonyl (C=O) groups is 1. The monoisotopic (exact) mass is 218 g/mol. The van der Waals surface area contributed by atoms with Crippen LogP contribution in [0.2, 0.25) is 5.02 Å². The predicted octanol–water partition coefficient (Wildman–Crippen LogP) is 3.72. The lowest BCUT2D eigenvalue weighted by Crippen LogP contribution is -1.77. The Kier molecular flexibility index (Phi) is 13.3. The highest BCUT2D eigenvalue weighted by Gasteiger charge is 1.92. The van der Waals surface area contributed by atoms with Gasteiger partial charge in [0, 0.05) is 5.56 Å². The molecule has 74 valence electrons. The van der Waals surface area contributed by atoms with Gasteiger partial charge in [0.1, 0.15) is 0 Å². The summed E-state index contributed by atoms with van der Waals surface area (Å²) < 4.78 is 0. The van der Waals surface area contributed by atoms with Crippen LogP contribution in [0.5, 0.6) is 0 Å². The fourth-order valence-corrected chi connectivity index (χ4v) is 0.751. The highest BCUT2D eigenvalue weighted by molar-refractivity contribution is 7.79. The third-order valence-corrected chi connectivity index (χ3v) is 1.38. The quantitative estimate of drug-likeness (QED) is 0.562. The van der Waals surface area contributed by atoms with E-state index in [1.165, 1.54) is 0 Å². The third-order valence-electron chi connectivity index (χ3n) is 1.03. The van der Waals surface area contributed by atoms with Crippen molar-refractivity contribution in [3.05, 3.63) is 34.9 Å². The summed E-state index contributed by atoms with van der Waals surface area (Å²) in [6.07, 6.45) is 2.43. The second-order valence-electron chi connectivity index (χ2n) is 1.64. The Morgan fingerprint density at radius 3 is 2.00 bits per heavy atom. The van der Waals surface area contributed by atoms with Gasteiger partial charge in [-0.25, -0.2) is 0 Å². The van der Waals surface area contributed by atoms with Gasteiger partial charge in [0.15, 0.2) is 6.29 Å². The molecule has 0 aliphatic rings. The summed E-state index contributed by atoms with van der Waals surface area (Å²) in [6, 6.07) is 6.92. The Labute approximate surface area is 90.5 Å². The van der Waals surface area contributed by atoms with Gasteiger partial charge in [-0.05, 0) is 12.3 Å². The normalized spacial score (nSPS) is 7.15. The molecule has 1 aromatic rings. The van der Waals surface area contributed by atoms with E-state index in [1.807, 2.05) is 13.8 Å². The number of carbonyl (C=O) groups excluding carboxylic acids is 1. The first-order valence-electron chi connectivity index (χ1n) is 3.99. The van der Waals surface area contributed by atoms with E-state index in [0.29, 0.717) is 10.6 Å². The van der Waals surface area contributed by atoms with Gasteiger partial charge >= 0.3 is 0 Å². The maximum Gasteiger partial charge on any atom is 0.151 e. The standard InChI is InChI=1S/C7H5ClO.C2H6.CH4S/c8-7-4-2-1-3-6(7)5-9;2*1-2/h1-5H;1-2H3;2H,1H3. The zero-order valence-electron chi connectivity index (χ0n) is 8.12. The van der Waals surface area contributed by atoms with Crippen LogP contribution in [0.1, 0.15) is 24.2 Å². The van der Waals surface area contributed by atoms with E-state index in [2.05, 4.69) is 12.6 Å². The van der Waals surface area contributed by atoms with Crippen LogP contribution < -0.4 is 0 Å². The number of hydrogen-bond donors (Lipinski definition) is 1. The van der Waals surface area contributed by atoms with Crippen molar-refractivity contribution in [2.45, 2.75) is 13.8 Å². The fourth-order valence-electron chi connectivity index (χ4n) is 0.571. The van der Waals surface area contributed by atoms with Crippen molar-refractivity contribution >= 4 is 30.5 Å². The number of rotatable bonds is 1. The summed E-state index contributed by atoms with van der Waals surface area (Å²) in [6.45, 7) is 4.00. The molecule has 0 aromatic heterocycles. The molecule has 1 nitrogen and oxygen atoms in total. The maximum atomic E-state index is 10.1. The van der Waals surface area contributed by atoms with E-state index >= 15 is 0 Å². The molecule has 1 rings (SSSR count). The molecule has 0 bridgehead atoms. The van der Waals surface area contributed by atoms with E-state index in [1.54, 1.807) is 30.5 Å². The van der Waals surface area contributed by atoms with Gasteiger partial charge in [0.05, 0.1) is 5.02 Å². The molecule has 0 atom stereocenters. The van der Waals surface area contributed by atoms with Crippen LogP contribution in [-0.4, -0.2) is 12.5 Å². The Hall–Kier alpha value is -0.470. The van der Waals surface area contributed by atoms with Gasteiger partial charge in [-0.15, -0.1) is 0 Å². The largest absolute Gasteiger partial charge is 0.298 e. The number of hydrogen-bond acceptors (Lipinski definition) is 2. The SMILES string of the molecule is CC.CS.O=Cc1ccccc1Cl. The molecule has 1 aromatic carbocycles. The summed E-state index contributed by atoms with van der Waals surface area (Å²) in [5, 5.41) is 0.507. The molecule has 0 amide bonds. The van der Waals surface area contributed by atoms with E-state index in [0.717, 1.165) is 6.29 Å². The first-order valence-corrected chi connectivity index (χ1v) is 5.26. The minimum atomic E-state index is 0.507. The van der Waals surface area contributed by atoms with Crippen LogP contribution in [0, 0.1) is 0 Å². The van der Waals surface area contributed by atoms with Gasteiger partial charge in [-0.2, -0.15) is 12.6 Å². The average molecular weight is 219 g/mol. The molecule has 0 saturated carbocycles. The molecular formula is C10H15ClOS. The molecule has 0 aliphatic carbocycles. The molecule has 0 radical (unpaired) electrons. The van der Waals surface area contributed by atoms with Crippen LogP contribution in [0.4, 0.5) is 0 Å². The smallest absolute Gasteiger partial charge is 0.151 e.